The number of esters is 1. The minimum Gasteiger partial charge on any atom is -0.465 e. The van der Waals surface area contributed by atoms with Crippen molar-refractivity contribution < 1.29 is 9.53 Å². The van der Waals surface area contributed by atoms with E-state index in [1.165, 1.54) is 33.4 Å². The Kier molecular flexibility index (Phi) is 6.41. The number of hydrogen-bond acceptors (Lipinski definition) is 4. The zero-order chi connectivity index (χ0) is 17.9. The molecule has 0 radical (unpaired) electrons. The third kappa shape index (κ3) is 4.17. The smallest absolute Gasteiger partial charge is 0.320 e. The molecule has 1 fully saturated rings. The Morgan fingerprint density at radius 1 is 0.833 bits per heavy atom. The highest BCUT2D eigenvalue weighted by Gasteiger charge is 2.21. The molecule has 1 aromatic carbocycles. The number of rotatable bonds is 5. The maximum atomic E-state index is 11.6. The molecule has 1 saturated heterocycles. The predicted molar refractivity (Wildman–Crippen MR) is 98.5 cm³/mol. The van der Waals surface area contributed by atoms with Crippen molar-refractivity contribution in [2.45, 2.75) is 48.1 Å². The lowest BCUT2D eigenvalue weighted by atomic mass is 9.89. The van der Waals surface area contributed by atoms with Gasteiger partial charge in [0.1, 0.15) is 0 Å². The van der Waals surface area contributed by atoms with Crippen molar-refractivity contribution in [2.24, 2.45) is 0 Å². The van der Waals surface area contributed by atoms with Gasteiger partial charge in [0.25, 0.3) is 0 Å². The molecule has 2 rings (SSSR count). The molecule has 1 heterocycles. The molecule has 24 heavy (non-hydrogen) atoms. The van der Waals surface area contributed by atoms with Gasteiger partial charge in [0.15, 0.2) is 0 Å². The number of hydrogen-bond donors (Lipinski definition) is 0. The van der Waals surface area contributed by atoms with Gasteiger partial charge >= 0.3 is 5.97 Å². The number of ether oxygens (including phenoxy) is 1. The standard InChI is InChI=1S/C20H32N2O2/c1-7-24-20(23)13-22-10-8-21(9-11-22)12-19-17(5)15(3)14(2)16(4)18(19)6/h7-13H2,1-6H3. The zero-order valence-electron chi connectivity index (χ0n) is 16.2. The van der Waals surface area contributed by atoms with Crippen molar-refractivity contribution in [2.75, 3.05) is 39.3 Å². The lowest BCUT2D eigenvalue weighted by Gasteiger charge is -2.35. The highest BCUT2D eigenvalue weighted by atomic mass is 16.5. The molecule has 0 unspecified atom stereocenters. The maximum absolute atomic E-state index is 11.6. The summed E-state index contributed by atoms with van der Waals surface area (Å²) in [5, 5.41) is 0. The molecule has 0 aromatic heterocycles. The first-order valence-corrected chi connectivity index (χ1v) is 9.01. The van der Waals surface area contributed by atoms with Gasteiger partial charge in [0.2, 0.25) is 0 Å². The van der Waals surface area contributed by atoms with Crippen molar-refractivity contribution in [3.05, 3.63) is 33.4 Å². The van der Waals surface area contributed by atoms with E-state index >= 15 is 0 Å². The van der Waals surface area contributed by atoms with E-state index in [1.807, 2.05) is 6.92 Å². The molecule has 0 saturated carbocycles. The van der Waals surface area contributed by atoms with Crippen molar-refractivity contribution in [1.82, 2.24) is 9.80 Å². The van der Waals surface area contributed by atoms with Gasteiger partial charge in [-0.15, -0.1) is 0 Å². The van der Waals surface area contributed by atoms with Crippen molar-refractivity contribution in [1.29, 1.82) is 0 Å². The van der Waals surface area contributed by atoms with Gasteiger partial charge in [-0.1, -0.05) is 0 Å². The van der Waals surface area contributed by atoms with Gasteiger partial charge in [-0.05, 0) is 74.9 Å². The molecule has 0 amide bonds. The summed E-state index contributed by atoms with van der Waals surface area (Å²) in [6.07, 6.45) is 0. The monoisotopic (exact) mass is 332 g/mol. The van der Waals surface area contributed by atoms with E-state index in [0.717, 1.165) is 32.7 Å². The van der Waals surface area contributed by atoms with Crippen molar-refractivity contribution in [3.8, 4) is 0 Å². The van der Waals surface area contributed by atoms with E-state index in [4.69, 9.17) is 4.74 Å². The summed E-state index contributed by atoms with van der Waals surface area (Å²) < 4.78 is 5.04. The summed E-state index contributed by atoms with van der Waals surface area (Å²) in [7, 11) is 0. The first-order chi connectivity index (χ1) is 11.3. The fourth-order valence-corrected chi connectivity index (χ4v) is 3.53. The fraction of sp³-hybridized carbons (Fsp3) is 0.650. The summed E-state index contributed by atoms with van der Waals surface area (Å²) in [4.78, 5) is 16.3. The highest BCUT2D eigenvalue weighted by molar-refractivity contribution is 5.71. The number of benzene rings is 1. The van der Waals surface area contributed by atoms with Crippen LogP contribution in [0.4, 0.5) is 0 Å². The predicted octanol–water partition coefficient (Wildman–Crippen LogP) is 2.91. The number of carbonyl (C=O) groups excluding carboxylic acids is 1. The van der Waals surface area contributed by atoms with Crippen LogP contribution in [-0.2, 0) is 16.1 Å². The summed E-state index contributed by atoms with van der Waals surface area (Å²) in [6.45, 7) is 18.8. The van der Waals surface area contributed by atoms with Gasteiger partial charge in [0.05, 0.1) is 13.2 Å². The van der Waals surface area contributed by atoms with Gasteiger partial charge < -0.3 is 4.74 Å². The van der Waals surface area contributed by atoms with Crippen LogP contribution in [0.1, 0.15) is 40.3 Å². The van der Waals surface area contributed by atoms with E-state index < -0.39 is 0 Å². The molecular formula is C20H32N2O2. The second-order valence-electron chi connectivity index (χ2n) is 6.96. The van der Waals surface area contributed by atoms with Crippen LogP contribution >= 0.6 is 0 Å². The summed E-state index contributed by atoms with van der Waals surface area (Å²) in [5.41, 5.74) is 8.62. The second kappa shape index (κ2) is 8.13. The minimum atomic E-state index is -0.109. The van der Waals surface area contributed by atoms with Crippen molar-refractivity contribution in [3.63, 3.8) is 0 Å². The van der Waals surface area contributed by atoms with Crippen LogP contribution in [-0.4, -0.2) is 55.1 Å². The van der Waals surface area contributed by atoms with E-state index in [2.05, 4.69) is 44.4 Å². The van der Waals surface area contributed by atoms with Gasteiger partial charge in [-0.3, -0.25) is 14.6 Å². The Labute approximate surface area is 146 Å². The molecule has 4 nitrogen and oxygen atoms in total. The first-order valence-electron chi connectivity index (χ1n) is 9.01. The van der Waals surface area contributed by atoms with Gasteiger partial charge in [-0.2, -0.15) is 0 Å². The lowest BCUT2D eigenvalue weighted by molar-refractivity contribution is -0.144. The topological polar surface area (TPSA) is 32.8 Å². The Morgan fingerprint density at radius 2 is 1.29 bits per heavy atom. The summed E-state index contributed by atoms with van der Waals surface area (Å²) >= 11 is 0. The van der Waals surface area contributed by atoms with Gasteiger partial charge in [0, 0.05) is 32.7 Å². The fourth-order valence-electron chi connectivity index (χ4n) is 3.53. The van der Waals surface area contributed by atoms with E-state index in [0.29, 0.717) is 13.2 Å². The van der Waals surface area contributed by atoms with Crippen LogP contribution in [0.3, 0.4) is 0 Å². The molecular weight excluding hydrogens is 300 g/mol. The molecule has 0 spiro atoms. The number of piperazine rings is 1. The zero-order valence-corrected chi connectivity index (χ0v) is 16.2. The molecule has 0 atom stereocenters. The van der Waals surface area contributed by atoms with Crippen LogP contribution < -0.4 is 0 Å². The molecule has 0 aliphatic carbocycles. The first kappa shape index (κ1) is 18.9. The molecule has 134 valence electrons. The average molecular weight is 332 g/mol. The van der Waals surface area contributed by atoms with E-state index in [-0.39, 0.29) is 5.97 Å². The Balaban J connectivity index is 1.99. The quantitative estimate of drug-likeness (QED) is 0.776. The SMILES string of the molecule is CCOC(=O)CN1CCN(Cc2c(C)c(C)c(C)c(C)c2C)CC1. The highest BCUT2D eigenvalue weighted by Crippen LogP contribution is 2.27. The average Bonchev–Trinajstić information content (AvgIpc) is 2.57. The normalized spacial score (nSPS) is 16.4. The molecule has 0 bridgehead atoms. The van der Waals surface area contributed by atoms with E-state index in [1.54, 1.807) is 0 Å². The van der Waals surface area contributed by atoms with Crippen LogP contribution in [0.2, 0.25) is 0 Å². The van der Waals surface area contributed by atoms with Crippen LogP contribution in [0.25, 0.3) is 0 Å². The minimum absolute atomic E-state index is 0.109. The largest absolute Gasteiger partial charge is 0.465 e. The lowest BCUT2D eigenvalue weighted by Crippen LogP contribution is -2.47. The van der Waals surface area contributed by atoms with Gasteiger partial charge in [-0.25, -0.2) is 0 Å². The van der Waals surface area contributed by atoms with Crippen LogP contribution in [0, 0.1) is 34.6 Å². The van der Waals surface area contributed by atoms with Crippen LogP contribution in [0.15, 0.2) is 0 Å². The Bertz CT molecular complexity index is 573. The summed E-state index contributed by atoms with van der Waals surface area (Å²) in [6, 6.07) is 0. The third-order valence-corrected chi connectivity index (χ3v) is 5.66. The second-order valence-corrected chi connectivity index (χ2v) is 6.96. The Hall–Kier alpha value is -1.39. The third-order valence-electron chi connectivity index (χ3n) is 5.66. The molecule has 1 aromatic rings. The van der Waals surface area contributed by atoms with Crippen molar-refractivity contribution >= 4 is 5.97 Å². The molecule has 1 aliphatic heterocycles. The molecule has 0 N–H and O–H groups in total. The Morgan fingerprint density at radius 3 is 1.79 bits per heavy atom. The van der Waals surface area contributed by atoms with Crippen LogP contribution in [0.5, 0.6) is 0 Å². The summed E-state index contributed by atoms with van der Waals surface area (Å²) in [5.74, 6) is -0.109. The van der Waals surface area contributed by atoms with E-state index in [9.17, 15) is 4.79 Å². The number of carbonyl (C=O) groups is 1. The maximum Gasteiger partial charge on any atom is 0.320 e. The molecule has 4 heteroatoms. The number of nitrogens with zero attached hydrogens (tertiary/aromatic N) is 2. The molecule has 1 aliphatic rings.